The van der Waals surface area contributed by atoms with Crippen LogP contribution < -0.4 is 5.32 Å². The van der Waals surface area contributed by atoms with Crippen molar-refractivity contribution in [3.05, 3.63) is 78.5 Å². The molecule has 2 aromatic carbocycles. The van der Waals surface area contributed by atoms with Gasteiger partial charge < -0.3 is 14.8 Å². The third-order valence-corrected chi connectivity index (χ3v) is 4.41. The van der Waals surface area contributed by atoms with Crippen LogP contribution in [-0.2, 0) is 4.79 Å². The largest absolute Gasteiger partial charge is 0.454 e. The normalized spacial score (nSPS) is 12.5. The van der Waals surface area contributed by atoms with Gasteiger partial charge in [0.15, 0.2) is 5.76 Å². The molecule has 29 heavy (non-hydrogen) atoms. The molecule has 4 aromatic rings. The fourth-order valence-corrected chi connectivity index (χ4v) is 2.98. The first-order chi connectivity index (χ1) is 14.1. The molecule has 6 nitrogen and oxygen atoms in total. The summed E-state index contributed by atoms with van der Waals surface area (Å²) in [7, 11) is 0. The van der Waals surface area contributed by atoms with E-state index in [1.54, 1.807) is 17.7 Å². The predicted octanol–water partition coefficient (Wildman–Crippen LogP) is 3.80. The van der Waals surface area contributed by atoms with Gasteiger partial charge in [-0.05, 0) is 37.3 Å². The first-order valence-corrected chi connectivity index (χ1v) is 9.38. The Hall–Kier alpha value is -3.64. The van der Waals surface area contributed by atoms with E-state index in [0.717, 1.165) is 22.2 Å². The van der Waals surface area contributed by atoms with E-state index in [2.05, 4.69) is 5.32 Å². The number of hydrogen-bond donors (Lipinski definition) is 2. The quantitative estimate of drug-likeness (QED) is 0.493. The van der Waals surface area contributed by atoms with Crippen LogP contribution in [0.15, 0.2) is 77.4 Å². The summed E-state index contributed by atoms with van der Waals surface area (Å²) in [6, 6.07) is 19.5. The minimum Gasteiger partial charge on any atom is -0.454 e. The first kappa shape index (κ1) is 18.7. The SMILES string of the molecule is CC(O)CNC(=O)/C=C/c1cn(-c2ccccc2)nc1-c1cc2ccccc2o1. The summed E-state index contributed by atoms with van der Waals surface area (Å²) in [5, 5.41) is 17.6. The fraction of sp³-hybridized carbons (Fsp3) is 0.130. The number of carbonyl (C=O) groups excluding carboxylic acids is 1. The molecule has 1 atom stereocenters. The molecular weight excluding hydrogens is 366 g/mol. The van der Waals surface area contributed by atoms with Crippen LogP contribution in [0.3, 0.4) is 0 Å². The highest BCUT2D eigenvalue weighted by atomic mass is 16.3. The molecule has 0 saturated heterocycles. The molecule has 0 radical (unpaired) electrons. The van der Waals surface area contributed by atoms with Gasteiger partial charge in [-0.25, -0.2) is 4.68 Å². The zero-order chi connectivity index (χ0) is 20.2. The number of furan rings is 1. The van der Waals surface area contributed by atoms with E-state index in [9.17, 15) is 9.90 Å². The number of aromatic nitrogens is 2. The van der Waals surface area contributed by atoms with Gasteiger partial charge in [0, 0.05) is 29.8 Å². The number of benzene rings is 2. The molecule has 2 aromatic heterocycles. The molecule has 0 spiro atoms. The molecule has 4 rings (SSSR count). The number of nitrogens with zero attached hydrogens (tertiary/aromatic N) is 2. The fourth-order valence-electron chi connectivity index (χ4n) is 2.98. The molecule has 0 saturated carbocycles. The van der Waals surface area contributed by atoms with Crippen LogP contribution >= 0.6 is 0 Å². The zero-order valence-electron chi connectivity index (χ0n) is 15.9. The van der Waals surface area contributed by atoms with Crippen LogP contribution in [0.25, 0.3) is 34.2 Å². The second-order valence-corrected chi connectivity index (χ2v) is 6.79. The highest BCUT2D eigenvalue weighted by molar-refractivity contribution is 5.93. The van der Waals surface area contributed by atoms with Crippen molar-refractivity contribution in [2.75, 3.05) is 6.54 Å². The monoisotopic (exact) mass is 387 g/mol. The number of fused-ring (bicyclic) bond motifs is 1. The molecule has 6 heteroatoms. The van der Waals surface area contributed by atoms with E-state index in [0.29, 0.717) is 11.5 Å². The van der Waals surface area contributed by atoms with Gasteiger partial charge in [-0.15, -0.1) is 0 Å². The Balaban J connectivity index is 1.72. The number of carbonyl (C=O) groups is 1. The minimum absolute atomic E-state index is 0.197. The van der Waals surface area contributed by atoms with E-state index >= 15 is 0 Å². The number of nitrogens with one attached hydrogen (secondary N) is 1. The summed E-state index contributed by atoms with van der Waals surface area (Å²) >= 11 is 0. The molecule has 0 bridgehead atoms. The standard InChI is InChI=1S/C23H21N3O3/c1-16(27)14-24-22(28)12-11-18-15-26(19-8-3-2-4-9-19)25-23(18)21-13-17-7-5-6-10-20(17)29-21/h2-13,15-16,27H,14H2,1H3,(H,24,28)/b12-11+. The lowest BCUT2D eigenvalue weighted by Crippen LogP contribution is -2.28. The minimum atomic E-state index is -0.598. The molecule has 1 unspecified atom stereocenters. The highest BCUT2D eigenvalue weighted by Gasteiger charge is 2.15. The molecule has 0 aliphatic carbocycles. The van der Waals surface area contributed by atoms with Crippen molar-refractivity contribution in [1.82, 2.24) is 15.1 Å². The summed E-state index contributed by atoms with van der Waals surface area (Å²) in [6.07, 6.45) is 4.39. The molecule has 1 amide bonds. The smallest absolute Gasteiger partial charge is 0.244 e. The Morgan fingerprint density at radius 3 is 2.72 bits per heavy atom. The average Bonchev–Trinajstić information content (AvgIpc) is 3.35. The van der Waals surface area contributed by atoms with Gasteiger partial charge in [0.2, 0.25) is 5.91 Å². The molecular formula is C23H21N3O3. The number of aliphatic hydroxyl groups is 1. The third kappa shape index (κ3) is 4.28. The topological polar surface area (TPSA) is 80.3 Å². The van der Waals surface area contributed by atoms with Gasteiger partial charge in [-0.1, -0.05) is 36.4 Å². The van der Waals surface area contributed by atoms with Crippen molar-refractivity contribution < 1.29 is 14.3 Å². The van der Waals surface area contributed by atoms with E-state index in [-0.39, 0.29) is 12.5 Å². The number of hydrogen-bond acceptors (Lipinski definition) is 4. The van der Waals surface area contributed by atoms with Gasteiger partial charge in [0.05, 0.1) is 11.8 Å². The molecule has 0 fully saturated rings. The molecule has 0 aliphatic heterocycles. The van der Waals surface area contributed by atoms with Crippen molar-refractivity contribution >= 4 is 23.0 Å². The number of rotatable bonds is 6. The number of amides is 1. The maximum atomic E-state index is 12.0. The van der Waals surface area contributed by atoms with Crippen molar-refractivity contribution in [3.8, 4) is 17.1 Å². The van der Waals surface area contributed by atoms with Crippen LogP contribution in [0.1, 0.15) is 12.5 Å². The second-order valence-electron chi connectivity index (χ2n) is 6.79. The van der Waals surface area contributed by atoms with Crippen molar-refractivity contribution in [2.45, 2.75) is 13.0 Å². The van der Waals surface area contributed by atoms with Crippen molar-refractivity contribution in [2.24, 2.45) is 0 Å². The first-order valence-electron chi connectivity index (χ1n) is 9.38. The maximum absolute atomic E-state index is 12.0. The van der Waals surface area contributed by atoms with Gasteiger partial charge in [-0.2, -0.15) is 5.10 Å². The van der Waals surface area contributed by atoms with E-state index < -0.39 is 6.10 Å². The van der Waals surface area contributed by atoms with Crippen LogP contribution in [-0.4, -0.2) is 33.4 Å². The molecule has 0 aliphatic rings. The van der Waals surface area contributed by atoms with Crippen LogP contribution in [0, 0.1) is 0 Å². The van der Waals surface area contributed by atoms with Gasteiger partial charge in [-0.3, -0.25) is 4.79 Å². The van der Waals surface area contributed by atoms with E-state index in [1.807, 2.05) is 66.9 Å². The van der Waals surface area contributed by atoms with Crippen molar-refractivity contribution in [1.29, 1.82) is 0 Å². The van der Waals surface area contributed by atoms with E-state index in [4.69, 9.17) is 9.52 Å². The Morgan fingerprint density at radius 2 is 1.97 bits per heavy atom. The summed E-state index contributed by atoms with van der Waals surface area (Å²) in [6.45, 7) is 1.82. The number of aliphatic hydroxyl groups excluding tert-OH is 1. The third-order valence-electron chi connectivity index (χ3n) is 4.41. The lowest BCUT2D eigenvalue weighted by Gasteiger charge is -2.03. The van der Waals surface area contributed by atoms with Crippen LogP contribution in [0.4, 0.5) is 0 Å². The zero-order valence-corrected chi connectivity index (χ0v) is 15.9. The number of para-hydroxylation sites is 2. The molecule has 2 N–H and O–H groups in total. The van der Waals surface area contributed by atoms with Gasteiger partial charge >= 0.3 is 0 Å². The Bertz CT molecular complexity index is 1120. The van der Waals surface area contributed by atoms with Gasteiger partial charge in [0.1, 0.15) is 11.3 Å². The summed E-state index contributed by atoms with van der Waals surface area (Å²) < 4.78 is 7.75. The average molecular weight is 387 g/mol. The van der Waals surface area contributed by atoms with Crippen LogP contribution in [0.2, 0.25) is 0 Å². The lowest BCUT2D eigenvalue weighted by atomic mass is 10.2. The highest BCUT2D eigenvalue weighted by Crippen LogP contribution is 2.30. The summed E-state index contributed by atoms with van der Waals surface area (Å²) in [4.78, 5) is 12.0. The van der Waals surface area contributed by atoms with Crippen LogP contribution in [0.5, 0.6) is 0 Å². The Kier molecular flexibility index (Phi) is 5.27. The van der Waals surface area contributed by atoms with Crippen molar-refractivity contribution in [3.63, 3.8) is 0 Å². The van der Waals surface area contributed by atoms with E-state index in [1.165, 1.54) is 6.08 Å². The Labute approximate surface area is 168 Å². The Morgan fingerprint density at radius 1 is 1.21 bits per heavy atom. The summed E-state index contributed by atoms with van der Waals surface area (Å²) in [5.41, 5.74) is 3.08. The maximum Gasteiger partial charge on any atom is 0.244 e. The predicted molar refractivity (Wildman–Crippen MR) is 112 cm³/mol. The lowest BCUT2D eigenvalue weighted by molar-refractivity contribution is -0.116. The molecule has 2 heterocycles. The van der Waals surface area contributed by atoms with Gasteiger partial charge in [0.25, 0.3) is 0 Å². The summed E-state index contributed by atoms with van der Waals surface area (Å²) in [5.74, 6) is 0.346. The second kappa shape index (κ2) is 8.16. The molecule has 146 valence electrons.